The molecule has 2 heterocycles. The van der Waals surface area contributed by atoms with Gasteiger partial charge in [-0.3, -0.25) is 0 Å². The summed E-state index contributed by atoms with van der Waals surface area (Å²) < 4.78 is 5.70. The predicted molar refractivity (Wildman–Crippen MR) is 68.9 cm³/mol. The van der Waals surface area contributed by atoms with E-state index in [1.54, 1.807) is 0 Å². The second-order valence-electron chi connectivity index (χ2n) is 4.51. The van der Waals surface area contributed by atoms with E-state index in [0.29, 0.717) is 18.1 Å². The van der Waals surface area contributed by atoms with Crippen molar-refractivity contribution in [1.82, 2.24) is 5.32 Å². The highest BCUT2D eigenvalue weighted by atomic mass is 32.1. The number of hydrogen-bond donors (Lipinski definition) is 1. The van der Waals surface area contributed by atoms with E-state index in [0.717, 1.165) is 19.6 Å². The molecule has 1 N–H and O–H groups in total. The van der Waals surface area contributed by atoms with Crippen LogP contribution >= 0.6 is 11.3 Å². The van der Waals surface area contributed by atoms with E-state index in [1.165, 1.54) is 11.3 Å². The molecule has 0 aromatic carbocycles. The fourth-order valence-electron chi connectivity index (χ4n) is 2.34. The molecule has 16 heavy (non-hydrogen) atoms. The van der Waals surface area contributed by atoms with Gasteiger partial charge in [0.2, 0.25) is 0 Å². The SMILES string of the molecule is CCC1OCCC1CNC(C)c1cccs1. The van der Waals surface area contributed by atoms with E-state index >= 15 is 0 Å². The highest BCUT2D eigenvalue weighted by molar-refractivity contribution is 7.10. The van der Waals surface area contributed by atoms with Gasteiger partial charge in [0.1, 0.15) is 0 Å². The summed E-state index contributed by atoms with van der Waals surface area (Å²) in [5.41, 5.74) is 0. The quantitative estimate of drug-likeness (QED) is 0.852. The average molecular weight is 239 g/mol. The van der Waals surface area contributed by atoms with E-state index in [2.05, 4.69) is 36.7 Å². The Morgan fingerprint density at radius 2 is 2.50 bits per heavy atom. The fourth-order valence-corrected chi connectivity index (χ4v) is 3.10. The van der Waals surface area contributed by atoms with Crippen molar-refractivity contribution in [3.05, 3.63) is 22.4 Å². The molecule has 1 aromatic heterocycles. The second kappa shape index (κ2) is 5.80. The fraction of sp³-hybridized carbons (Fsp3) is 0.692. The summed E-state index contributed by atoms with van der Waals surface area (Å²) in [6.45, 7) is 6.48. The Labute approximate surface area is 102 Å². The number of rotatable bonds is 5. The monoisotopic (exact) mass is 239 g/mol. The molecule has 90 valence electrons. The van der Waals surface area contributed by atoms with Gasteiger partial charge in [-0.05, 0) is 37.1 Å². The molecule has 1 saturated heterocycles. The zero-order chi connectivity index (χ0) is 11.4. The molecule has 1 aliphatic rings. The lowest BCUT2D eigenvalue weighted by atomic mass is 9.99. The standard InChI is InChI=1S/C13H21NOS/c1-3-12-11(6-7-15-12)9-14-10(2)13-5-4-8-16-13/h4-5,8,10-12,14H,3,6-7,9H2,1-2H3. The van der Waals surface area contributed by atoms with Gasteiger partial charge in [0, 0.05) is 24.1 Å². The minimum absolute atomic E-state index is 0.470. The van der Waals surface area contributed by atoms with Gasteiger partial charge < -0.3 is 10.1 Å². The molecular formula is C13H21NOS. The van der Waals surface area contributed by atoms with Crippen molar-refractivity contribution in [2.24, 2.45) is 5.92 Å². The van der Waals surface area contributed by atoms with Crippen molar-refractivity contribution in [3.8, 4) is 0 Å². The van der Waals surface area contributed by atoms with Gasteiger partial charge >= 0.3 is 0 Å². The topological polar surface area (TPSA) is 21.3 Å². The normalized spacial score (nSPS) is 27.1. The predicted octanol–water partition coefficient (Wildman–Crippen LogP) is 3.21. The van der Waals surface area contributed by atoms with Gasteiger partial charge in [-0.2, -0.15) is 0 Å². The van der Waals surface area contributed by atoms with Crippen molar-refractivity contribution < 1.29 is 4.74 Å². The van der Waals surface area contributed by atoms with E-state index < -0.39 is 0 Å². The van der Waals surface area contributed by atoms with E-state index in [-0.39, 0.29) is 0 Å². The van der Waals surface area contributed by atoms with Crippen molar-refractivity contribution >= 4 is 11.3 Å². The highest BCUT2D eigenvalue weighted by Crippen LogP contribution is 2.24. The molecule has 2 nitrogen and oxygen atoms in total. The summed E-state index contributed by atoms with van der Waals surface area (Å²) in [6.07, 6.45) is 2.82. The van der Waals surface area contributed by atoms with E-state index in [1.807, 2.05) is 11.3 Å². The minimum Gasteiger partial charge on any atom is -0.378 e. The van der Waals surface area contributed by atoms with Crippen molar-refractivity contribution in [1.29, 1.82) is 0 Å². The van der Waals surface area contributed by atoms with Crippen molar-refractivity contribution in [3.63, 3.8) is 0 Å². The maximum Gasteiger partial charge on any atom is 0.0613 e. The van der Waals surface area contributed by atoms with Crippen LogP contribution in [0.2, 0.25) is 0 Å². The largest absolute Gasteiger partial charge is 0.378 e. The third-order valence-corrected chi connectivity index (χ3v) is 4.46. The first-order chi connectivity index (χ1) is 7.81. The van der Waals surface area contributed by atoms with Gasteiger partial charge in [0.15, 0.2) is 0 Å². The first-order valence-electron chi connectivity index (χ1n) is 6.19. The lowest BCUT2D eigenvalue weighted by Gasteiger charge is -2.20. The van der Waals surface area contributed by atoms with Crippen LogP contribution in [0.4, 0.5) is 0 Å². The molecule has 0 spiro atoms. The summed E-state index contributed by atoms with van der Waals surface area (Å²) in [7, 11) is 0. The minimum atomic E-state index is 0.470. The first-order valence-corrected chi connectivity index (χ1v) is 7.07. The van der Waals surface area contributed by atoms with Crippen LogP contribution in [-0.2, 0) is 4.74 Å². The van der Waals surface area contributed by atoms with Gasteiger partial charge in [0.05, 0.1) is 6.10 Å². The zero-order valence-corrected chi connectivity index (χ0v) is 10.9. The molecule has 0 radical (unpaired) electrons. The summed E-state index contributed by atoms with van der Waals surface area (Å²) in [6, 6.07) is 4.79. The Kier molecular flexibility index (Phi) is 4.38. The Hall–Kier alpha value is -0.380. The Morgan fingerprint density at radius 3 is 3.19 bits per heavy atom. The second-order valence-corrected chi connectivity index (χ2v) is 5.49. The van der Waals surface area contributed by atoms with Crippen LogP contribution in [0.1, 0.15) is 37.6 Å². The maximum atomic E-state index is 5.70. The molecule has 2 rings (SSSR count). The van der Waals surface area contributed by atoms with Gasteiger partial charge in [0.25, 0.3) is 0 Å². The molecule has 3 unspecified atom stereocenters. The smallest absolute Gasteiger partial charge is 0.0613 e. The van der Waals surface area contributed by atoms with Crippen LogP contribution in [0.25, 0.3) is 0 Å². The molecular weight excluding hydrogens is 218 g/mol. The summed E-state index contributed by atoms with van der Waals surface area (Å²) >= 11 is 1.83. The third kappa shape index (κ3) is 2.84. The maximum absolute atomic E-state index is 5.70. The van der Waals surface area contributed by atoms with Gasteiger partial charge in [-0.25, -0.2) is 0 Å². The lowest BCUT2D eigenvalue weighted by molar-refractivity contribution is 0.0867. The first kappa shape index (κ1) is 12.1. The third-order valence-electron chi connectivity index (χ3n) is 3.40. The molecule has 1 aromatic rings. The molecule has 0 bridgehead atoms. The Balaban J connectivity index is 1.78. The van der Waals surface area contributed by atoms with Crippen LogP contribution in [0.5, 0.6) is 0 Å². The lowest BCUT2D eigenvalue weighted by Crippen LogP contribution is -2.29. The van der Waals surface area contributed by atoms with E-state index in [4.69, 9.17) is 4.74 Å². The molecule has 0 aliphatic carbocycles. The number of hydrogen-bond acceptors (Lipinski definition) is 3. The van der Waals surface area contributed by atoms with Gasteiger partial charge in [-0.1, -0.05) is 13.0 Å². The Morgan fingerprint density at radius 1 is 1.62 bits per heavy atom. The van der Waals surface area contributed by atoms with Crippen LogP contribution in [-0.4, -0.2) is 19.3 Å². The molecule has 3 heteroatoms. The van der Waals surface area contributed by atoms with Gasteiger partial charge in [-0.15, -0.1) is 11.3 Å². The summed E-state index contributed by atoms with van der Waals surface area (Å²) in [5.74, 6) is 0.701. The highest BCUT2D eigenvalue weighted by Gasteiger charge is 2.26. The van der Waals surface area contributed by atoms with Crippen LogP contribution < -0.4 is 5.32 Å². The molecule has 0 amide bonds. The van der Waals surface area contributed by atoms with Crippen molar-refractivity contribution in [2.75, 3.05) is 13.2 Å². The summed E-state index contributed by atoms with van der Waals surface area (Å²) in [5, 5.41) is 5.76. The summed E-state index contributed by atoms with van der Waals surface area (Å²) in [4.78, 5) is 1.42. The molecule has 3 atom stereocenters. The van der Waals surface area contributed by atoms with Crippen LogP contribution in [0.15, 0.2) is 17.5 Å². The number of thiophene rings is 1. The zero-order valence-electron chi connectivity index (χ0n) is 10.1. The molecule has 1 fully saturated rings. The van der Waals surface area contributed by atoms with Crippen LogP contribution in [0.3, 0.4) is 0 Å². The number of ether oxygens (including phenoxy) is 1. The van der Waals surface area contributed by atoms with E-state index in [9.17, 15) is 0 Å². The molecule has 1 aliphatic heterocycles. The Bertz CT molecular complexity index is 299. The average Bonchev–Trinajstić information content (AvgIpc) is 2.96. The van der Waals surface area contributed by atoms with Crippen molar-refractivity contribution in [2.45, 2.75) is 38.8 Å². The number of nitrogens with one attached hydrogen (secondary N) is 1. The van der Waals surface area contributed by atoms with Crippen LogP contribution in [0, 0.1) is 5.92 Å². The molecule has 0 saturated carbocycles.